The number of benzene rings is 4. The van der Waals surface area contributed by atoms with E-state index in [1.165, 1.54) is 11.1 Å². The molecule has 204 valence electrons. The van der Waals surface area contributed by atoms with Crippen molar-refractivity contribution < 1.29 is 4.79 Å². The van der Waals surface area contributed by atoms with Gasteiger partial charge in [0.2, 0.25) is 0 Å². The van der Waals surface area contributed by atoms with Crippen LogP contribution >= 0.6 is 11.8 Å². The zero-order chi connectivity index (χ0) is 27.9. The fourth-order valence-corrected chi connectivity index (χ4v) is 6.12. The van der Waals surface area contributed by atoms with Crippen molar-refractivity contribution in [3.05, 3.63) is 150 Å². The van der Waals surface area contributed by atoms with E-state index in [9.17, 15) is 4.79 Å². The highest BCUT2D eigenvalue weighted by Gasteiger charge is 2.28. The summed E-state index contributed by atoms with van der Waals surface area (Å²) in [4.78, 5) is 18.0. The third kappa shape index (κ3) is 6.56. The maximum absolute atomic E-state index is 13.5. The molecule has 0 spiro atoms. The Morgan fingerprint density at radius 3 is 1.93 bits per heavy atom. The monoisotopic (exact) mass is 556 g/mol. The Labute approximate surface area is 245 Å². The van der Waals surface area contributed by atoms with Crippen molar-refractivity contribution >= 4 is 17.7 Å². The first-order valence-electron chi connectivity index (χ1n) is 14.0. The average Bonchev–Trinajstić information content (AvgIpc) is 3.06. The van der Waals surface area contributed by atoms with Gasteiger partial charge in [0, 0.05) is 43.1 Å². The van der Waals surface area contributed by atoms with Crippen LogP contribution in [0.5, 0.6) is 0 Å². The normalized spacial score (nSPS) is 13.8. The van der Waals surface area contributed by atoms with Crippen LogP contribution in [0.25, 0.3) is 11.3 Å². The van der Waals surface area contributed by atoms with Crippen molar-refractivity contribution in [3.63, 3.8) is 0 Å². The summed E-state index contributed by atoms with van der Waals surface area (Å²) in [5, 5.41) is 9.65. The molecule has 1 amide bonds. The lowest BCUT2D eigenvalue weighted by atomic mass is 9.96. The molecule has 1 saturated heterocycles. The number of rotatable bonds is 8. The van der Waals surface area contributed by atoms with Crippen LogP contribution in [0, 0.1) is 0 Å². The number of thioether (sulfide) groups is 1. The van der Waals surface area contributed by atoms with Gasteiger partial charge in [0.05, 0.1) is 11.7 Å². The number of carbonyl (C=O) groups excluding carboxylic acids is 1. The Balaban J connectivity index is 1.08. The van der Waals surface area contributed by atoms with Gasteiger partial charge in [0.1, 0.15) is 5.03 Å². The molecule has 5 nitrogen and oxygen atoms in total. The van der Waals surface area contributed by atoms with Crippen molar-refractivity contribution in [1.82, 2.24) is 20.0 Å². The van der Waals surface area contributed by atoms with Crippen LogP contribution < -0.4 is 0 Å². The molecule has 0 atom stereocenters. The average molecular weight is 557 g/mol. The Morgan fingerprint density at radius 1 is 0.683 bits per heavy atom. The summed E-state index contributed by atoms with van der Waals surface area (Å²) in [5.41, 5.74) is 6.32. The highest BCUT2D eigenvalue weighted by molar-refractivity contribution is 7.98. The molecule has 0 bridgehead atoms. The van der Waals surface area contributed by atoms with Gasteiger partial charge in [0.15, 0.2) is 0 Å². The zero-order valence-electron chi connectivity index (χ0n) is 22.8. The maximum Gasteiger partial charge on any atom is 0.253 e. The van der Waals surface area contributed by atoms with Crippen LogP contribution in [0.2, 0.25) is 0 Å². The lowest BCUT2D eigenvalue weighted by Crippen LogP contribution is -2.49. The standard InChI is InChI=1S/C35H32N4OS/c40-35(39-23-21-38(22-24-39)34(29-14-6-2-7-15-29)30-16-8-3-9-17-30)31-18-10-11-27(25-31)26-41-33-20-19-32(36-37-33)28-12-4-1-5-13-28/h1-20,25,34H,21-24,26H2. The molecule has 0 N–H and O–H groups in total. The predicted octanol–water partition coefficient (Wildman–Crippen LogP) is 6.98. The Hall–Kier alpha value is -4.26. The molecule has 0 radical (unpaired) electrons. The van der Waals surface area contributed by atoms with Crippen LogP contribution in [0.15, 0.2) is 132 Å². The van der Waals surface area contributed by atoms with E-state index in [0.29, 0.717) is 13.1 Å². The van der Waals surface area contributed by atoms with Gasteiger partial charge in [-0.3, -0.25) is 9.69 Å². The van der Waals surface area contributed by atoms with Crippen LogP contribution in [0.4, 0.5) is 0 Å². The van der Waals surface area contributed by atoms with Crippen molar-refractivity contribution in [2.75, 3.05) is 26.2 Å². The fourth-order valence-electron chi connectivity index (χ4n) is 5.36. The molecular formula is C35H32N4OS. The van der Waals surface area contributed by atoms with E-state index < -0.39 is 0 Å². The molecule has 6 rings (SSSR count). The molecular weight excluding hydrogens is 524 g/mol. The first kappa shape index (κ1) is 26.9. The first-order valence-corrected chi connectivity index (χ1v) is 15.0. The maximum atomic E-state index is 13.5. The molecule has 5 aromatic rings. The molecule has 0 saturated carbocycles. The smallest absolute Gasteiger partial charge is 0.253 e. The molecule has 1 aromatic heterocycles. The first-order chi connectivity index (χ1) is 20.2. The minimum Gasteiger partial charge on any atom is -0.336 e. The molecule has 6 heteroatoms. The second kappa shape index (κ2) is 12.9. The number of piperazine rings is 1. The molecule has 4 aromatic carbocycles. The second-order valence-electron chi connectivity index (χ2n) is 10.2. The van der Waals surface area contributed by atoms with Crippen LogP contribution in [-0.2, 0) is 5.75 Å². The minimum atomic E-state index is 0.0967. The molecule has 41 heavy (non-hydrogen) atoms. The van der Waals surface area contributed by atoms with Gasteiger partial charge in [0.25, 0.3) is 5.91 Å². The topological polar surface area (TPSA) is 49.3 Å². The molecule has 0 aliphatic carbocycles. The summed E-state index contributed by atoms with van der Waals surface area (Å²) in [6.07, 6.45) is 0. The summed E-state index contributed by atoms with van der Waals surface area (Å²) in [6, 6.07) is 43.5. The van der Waals surface area contributed by atoms with E-state index in [-0.39, 0.29) is 11.9 Å². The third-order valence-electron chi connectivity index (χ3n) is 7.47. The quantitative estimate of drug-likeness (QED) is 0.193. The molecule has 1 aliphatic rings. The predicted molar refractivity (Wildman–Crippen MR) is 166 cm³/mol. The lowest BCUT2D eigenvalue weighted by molar-refractivity contribution is 0.0597. The van der Waals surface area contributed by atoms with Crippen LogP contribution in [-0.4, -0.2) is 52.1 Å². The number of carbonyl (C=O) groups is 1. The lowest BCUT2D eigenvalue weighted by Gasteiger charge is -2.39. The van der Waals surface area contributed by atoms with Gasteiger partial charge in [-0.05, 0) is 41.0 Å². The Bertz CT molecular complexity index is 1520. The van der Waals surface area contributed by atoms with Gasteiger partial charge in [-0.25, -0.2) is 0 Å². The summed E-state index contributed by atoms with van der Waals surface area (Å²) in [6.45, 7) is 3.06. The summed E-state index contributed by atoms with van der Waals surface area (Å²) in [7, 11) is 0. The van der Waals surface area contributed by atoms with E-state index >= 15 is 0 Å². The van der Waals surface area contributed by atoms with Gasteiger partial charge < -0.3 is 4.90 Å². The number of aromatic nitrogens is 2. The number of hydrogen-bond donors (Lipinski definition) is 0. The Kier molecular flexibility index (Phi) is 8.50. The van der Waals surface area contributed by atoms with Gasteiger partial charge in [-0.15, -0.1) is 10.2 Å². The molecule has 1 fully saturated rings. The third-order valence-corrected chi connectivity index (χ3v) is 8.46. The Morgan fingerprint density at radius 2 is 1.32 bits per heavy atom. The van der Waals surface area contributed by atoms with E-state index in [4.69, 9.17) is 0 Å². The molecule has 0 unspecified atom stereocenters. The number of amides is 1. The van der Waals surface area contributed by atoms with Gasteiger partial charge >= 0.3 is 0 Å². The fraction of sp³-hybridized carbons (Fsp3) is 0.171. The van der Waals surface area contributed by atoms with Crippen molar-refractivity contribution in [3.8, 4) is 11.3 Å². The SMILES string of the molecule is O=C(c1cccc(CSc2ccc(-c3ccccc3)nn2)c1)N1CCN(C(c2ccccc2)c2ccccc2)CC1. The second-order valence-corrected chi connectivity index (χ2v) is 11.2. The van der Waals surface area contributed by atoms with Crippen LogP contribution in [0.1, 0.15) is 33.1 Å². The van der Waals surface area contributed by atoms with Crippen molar-refractivity contribution in [1.29, 1.82) is 0 Å². The van der Waals surface area contributed by atoms with Gasteiger partial charge in [-0.1, -0.05) is 115 Å². The number of nitrogens with zero attached hydrogens (tertiary/aromatic N) is 4. The molecule has 1 aliphatic heterocycles. The van der Waals surface area contributed by atoms with Crippen molar-refractivity contribution in [2.45, 2.75) is 16.8 Å². The largest absolute Gasteiger partial charge is 0.336 e. The van der Waals surface area contributed by atoms with E-state index in [1.807, 2.05) is 65.6 Å². The summed E-state index contributed by atoms with van der Waals surface area (Å²) < 4.78 is 0. The summed E-state index contributed by atoms with van der Waals surface area (Å²) >= 11 is 1.63. The molecule has 2 heterocycles. The zero-order valence-corrected chi connectivity index (χ0v) is 23.7. The van der Waals surface area contributed by atoms with E-state index in [2.05, 4.69) is 81.8 Å². The highest BCUT2D eigenvalue weighted by atomic mass is 32.2. The van der Waals surface area contributed by atoms with Crippen molar-refractivity contribution in [2.24, 2.45) is 0 Å². The minimum absolute atomic E-state index is 0.0967. The highest BCUT2D eigenvalue weighted by Crippen LogP contribution is 2.30. The van der Waals surface area contributed by atoms with E-state index in [0.717, 1.165) is 46.3 Å². The van der Waals surface area contributed by atoms with Crippen LogP contribution in [0.3, 0.4) is 0 Å². The van der Waals surface area contributed by atoms with E-state index in [1.54, 1.807) is 11.8 Å². The van der Waals surface area contributed by atoms with Gasteiger partial charge in [-0.2, -0.15) is 0 Å². The number of hydrogen-bond acceptors (Lipinski definition) is 5. The summed E-state index contributed by atoms with van der Waals surface area (Å²) in [5.74, 6) is 0.823.